The minimum atomic E-state index is -0.234. The molecule has 84 valence electrons. The van der Waals surface area contributed by atoms with Crippen LogP contribution in [0, 0.1) is 19.7 Å². The van der Waals surface area contributed by atoms with Gasteiger partial charge in [0, 0.05) is 17.1 Å². The molecular formula is C13H13ClFN. The summed E-state index contributed by atoms with van der Waals surface area (Å²) in [4.78, 5) is 4.43. The Labute approximate surface area is 99.3 Å². The predicted octanol–water partition coefficient (Wildman–Crippen LogP) is 4.21. The van der Waals surface area contributed by atoms with Gasteiger partial charge in [-0.1, -0.05) is 18.5 Å². The molecule has 0 radical (unpaired) electrons. The summed E-state index contributed by atoms with van der Waals surface area (Å²) in [7, 11) is 0. The average Bonchev–Trinajstić information content (AvgIpc) is 2.26. The van der Waals surface area contributed by atoms with E-state index in [0.717, 1.165) is 23.1 Å². The number of hydrogen-bond donors (Lipinski definition) is 0. The van der Waals surface area contributed by atoms with Crippen LogP contribution in [0.15, 0.2) is 12.1 Å². The van der Waals surface area contributed by atoms with Gasteiger partial charge in [-0.2, -0.15) is 0 Å². The molecule has 0 aliphatic heterocycles. The van der Waals surface area contributed by atoms with Crippen LogP contribution in [0.2, 0.25) is 5.02 Å². The van der Waals surface area contributed by atoms with Crippen LogP contribution < -0.4 is 0 Å². The first-order chi connectivity index (χ1) is 7.54. The number of pyridine rings is 1. The van der Waals surface area contributed by atoms with Gasteiger partial charge in [0.15, 0.2) is 0 Å². The van der Waals surface area contributed by atoms with Crippen LogP contribution in [-0.2, 0) is 6.42 Å². The van der Waals surface area contributed by atoms with E-state index < -0.39 is 0 Å². The number of rotatable bonds is 1. The van der Waals surface area contributed by atoms with Gasteiger partial charge in [0.25, 0.3) is 0 Å². The topological polar surface area (TPSA) is 12.9 Å². The molecule has 16 heavy (non-hydrogen) atoms. The van der Waals surface area contributed by atoms with E-state index in [9.17, 15) is 4.39 Å². The van der Waals surface area contributed by atoms with Gasteiger partial charge in [-0.3, -0.25) is 4.98 Å². The largest absolute Gasteiger partial charge is 0.252 e. The molecule has 0 saturated carbocycles. The molecule has 0 aliphatic carbocycles. The van der Waals surface area contributed by atoms with Crippen molar-refractivity contribution in [3.05, 3.63) is 39.8 Å². The second kappa shape index (κ2) is 4.02. The number of nitrogens with zero attached hydrogens (tertiary/aromatic N) is 1. The van der Waals surface area contributed by atoms with Gasteiger partial charge in [-0.05, 0) is 37.5 Å². The molecule has 0 amide bonds. The van der Waals surface area contributed by atoms with Crippen LogP contribution in [0.1, 0.15) is 23.7 Å². The Balaban J connectivity index is 2.87. The lowest BCUT2D eigenvalue weighted by Crippen LogP contribution is -1.96. The summed E-state index contributed by atoms with van der Waals surface area (Å²) in [5.41, 5.74) is 3.15. The van der Waals surface area contributed by atoms with Crippen LogP contribution in [0.3, 0.4) is 0 Å². The Morgan fingerprint density at radius 1 is 1.31 bits per heavy atom. The predicted molar refractivity (Wildman–Crippen MR) is 65.6 cm³/mol. The lowest BCUT2D eigenvalue weighted by Gasteiger charge is -2.09. The van der Waals surface area contributed by atoms with Crippen LogP contribution in [0.4, 0.5) is 4.39 Å². The monoisotopic (exact) mass is 237 g/mol. The molecule has 0 N–H and O–H groups in total. The van der Waals surface area contributed by atoms with E-state index in [1.165, 1.54) is 6.07 Å². The van der Waals surface area contributed by atoms with E-state index in [4.69, 9.17) is 11.6 Å². The minimum absolute atomic E-state index is 0.234. The zero-order valence-corrected chi connectivity index (χ0v) is 10.3. The Hall–Kier alpha value is -1.15. The first-order valence-corrected chi connectivity index (χ1v) is 5.67. The highest BCUT2D eigenvalue weighted by Gasteiger charge is 2.11. The Morgan fingerprint density at radius 2 is 2.00 bits per heavy atom. The van der Waals surface area contributed by atoms with E-state index in [1.807, 2.05) is 13.8 Å². The van der Waals surface area contributed by atoms with Crippen molar-refractivity contribution in [2.24, 2.45) is 0 Å². The maximum Gasteiger partial charge on any atom is 0.128 e. The summed E-state index contributed by atoms with van der Waals surface area (Å²) in [6, 6.07) is 3.21. The van der Waals surface area contributed by atoms with Crippen molar-refractivity contribution in [1.29, 1.82) is 0 Å². The lowest BCUT2D eigenvalue weighted by molar-refractivity contribution is 0.620. The van der Waals surface area contributed by atoms with E-state index in [1.54, 1.807) is 13.0 Å². The molecule has 1 heterocycles. The third kappa shape index (κ3) is 1.67. The van der Waals surface area contributed by atoms with Crippen molar-refractivity contribution in [2.75, 3.05) is 0 Å². The molecule has 2 rings (SSSR count). The molecule has 0 atom stereocenters. The summed E-state index contributed by atoms with van der Waals surface area (Å²) >= 11 is 6.27. The minimum Gasteiger partial charge on any atom is -0.252 e. The molecular weight excluding hydrogens is 225 g/mol. The van der Waals surface area contributed by atoms with Gasteiger partial charge in [0.2, 0.25) is 0 Å². The van der Waals surface area contributed by atoms with E-state index in [0.29, 0.717) is 16.1 Å². The summed E-state index contributed by atoms with van der Waals surface area (Å²) in [6.07, 6.45) is 0.803. The van der Waals surface area contributed by atoms with Crippen LogP contribution >= 0.6 is 11.6 Å². The van der Waals surface area contributed by atoms with Crippen molar-refractivity contribution in [3.63, 3.8) is 0 Å². The zero-order valence-electron chi connectivity index (χ0n) is 9.56. The summed E-state index contributed by atoms with van der Waals surface area (Å²) in [5.74, 6) is -0.234. The fraction of sp³-hybridized carbons (Fsp3) is 0.308. The maximum absolute atomic E-state index is 13.4. The van der Waals surface area contributed by atoms with Gasteiger partial charge < -0.3 is 0 Å². The maximum atomic E-state index is 13.4. The number of benzene rings is 1. The zero-order chi connectivity index (χ0) is 11.9. The van der Waals surface area contributed by atoms with Crippen molar-refractivity contribution in [2.45, 2.75) is 27.2 Å². The van der Waals surface area contributed by atoms with E-state index >= 15 is 0 Å². The molecule has 3 heteroatoms. The molecule has 2 aromatic rings. The molecule has 0 saturated heterocycles. The number of aryl methyl sites for hydroxylation is 2. The molecule has 0 spiro atoms. The number of fused-ring (bicyclic) bond motifs is 1. The van der Waals surface area contributed by atoms with Gasteiger partial charge in [0.1, 0.15) is 5.82 Å². The second-order valence-electron chi connectivity index (χ2n) is 3.97. The quantitative estimate of drug-likeness (QED) is 0.724. The van der Waals surface area contributed by atoms with E-state index in [-0.39, 0.29) is 5.82 Å². The molecule has 0 aliphatic rings. The van der Waals surface area contributed by atoms with Crippen molar-refractivity contribution >= 4 is 22.5 Å². The fourth-order valence-electron chi connectivity index (χ4n) is 1.84. The van der Waals surface area contributed by atoms with Crippen molar-refractivity contribution in [1.82, 2.24) is 4.98 Å². The van der Waals surface area contributed by atoms with Crippen LogP contribution in [-0.4, -0.2) is 4.98 Å². The van der Waals surface area contributed by atoms with Crippen LogP contribution in [0.25, 0.3) is 10.9 Å². The first-order valence-electron chi connectivity index (χ1n) is 5.29. The van der Waals surface area contributed by atoms with Gasteiger partial charge >= 0.3 is 0 Å². The smallest absolute Gasteiger partial charge is 0.128 e. The third-order valence-electron chi connectivity index (χ3n) is 2.87. The molecule has 0 fully saturated rings. The molecule has 1 aromatic heterocycles. The normalized spacial score (nSPS) is 11.1. The lowest BCUT2D eigenvalue weighted by atomic mass is 10.1. The Bertz CT molecular complexity index is 564. The van der Waals surface area contributed by atoms with Crippen molar-refractivity contribution in [3.8, 4) is 0 Å². The van der Waals surface area contributed by atoms with Crippen LogP contribution in [0.5, 0.6) is 0 Å². The van der Waals surface area contributed by atoms with E-state index in [2.05, 4.69) is 4.98 Å². The third-order valence-corrected chi connectivity index (χ3v) is 3.35. The molecule has 1 aromatic carbocycles. The highest BCUT2D eigenvalue weighted by Crippen LogP contribution is 2.29. The van der Waals surface area contributed by atoms with Crippen molar-refractivity contribution < 1.29 is 4.39 Å². The molecule has 1 nitrogen and oxygen atoms in total. The first kappa shape index (κ1) is 11.3. The summed E-state index contributed by atoms with van der Waals surface area (Å²) < 4.78 is 13.4. The Morgan fingerprint density at radius 3 is 2.62 bits per heavy atom. The fourth-order valence-corrected chi connectivity index (χ4v) is 2.10. The second-order valence-corrected chi connectivity index (χ2v) is 4.35. The standard InChI is InChI=1S/C13H13ClFN/c1-4-11-8(3)13(14)9-5-7(2)10(15)6-12(9)16-11/h5-6H,4H2,1-3H3. The molecule has 0 bridgehead atoms. The number of hydrogen-bond acceptors (Lipinski definition) is 1. The highest BCUT2D eigenvalue weighted by molar-refractivity contribution is 6.36. The van der Waals surface area contributed by atoms with Gasteiger partial charge in [0.05, 0.1) is 10.5 Å². The highest BCUT2D eigenvalue weighted by atomic mass is 35.5. The SMILES string of the molecule is CCc1nc2cc(F)c(C)cc2c(Cl)c1C. The molecule has 0 unspecified atom stereocenters. The number of halogens is 2. The average molecular weight is 238 g/mol. The van der Waals surface area contributed by atoms with Gasteiger partial charge in [-0.25, -0.2) is 4.39 Å². The Kier molecular flexibility index (Phi) is 2.85. The summed E-state index contributed by atoms with van der Waals surface area (Å²) in [5, 5.41) is 1.51. The summed E-state index contributed by atoms with van der Waals surface area (Å²) in [6.45, 7) is 5.70. The number of aromatic nitrogens is 1. The van der Waals surface area contributed by atoms with Gasteiger partial charge in [-0.15, -0.1) is 0 Å².